The normalized spacial score (nSPS) is 18.5. The Morgan fingerprint density at radius 3 is 2.46 bits per heavy atom. The molecule has 0 saturated carbocycles. The molecule has 0 spiro atoms. The van der Waals surface area contributed by atoms with E-state index in [4.69, 9.17) is 0 Å². The number of hydrogen-bond donors (Lipinski definition) is 1. The molecule has 0 aliphatic carbocycles. The number of benzene rings is 2. The van der Waals surface area contributed by atoms with E-state index in [1.807, 2.05) is 18.2 Å². The van der Waals surface area contributed by atoms with Gasteiger partial charge in [-0.25, -0.2) is 9.07 Å². The number of nitrogens with zero attached hydrogens (tertiary/aromatic N) is 4. The summed E-state index contributed by atoms with van der Waals surface area (Å²) in [5.41, 5.74) is 1.06. The second-order valence-electron chi connectivity index (χ2n) is 9.17. The zero-order chi connectivity index (χ0) is 24.4. The van der Waals surface area contributed by atoms with Gasteiger partial charge in [0.1, 0.15) is 5.82 Å². The molecule has 2 amide bonds. The number of nitrogens with one attached hydrogen (secondary N) is 1. The summed E-state index contributed by atoms with van der Waals surface area (Å²) in [6, 6.07) is 13.0. The Kier molecular flexibility index (Phi) is 6.59. The van der Waals surface area contributed by atoms with E-state index >= 15 is 0 Å². The van der Waals surface area contributed by atoms with Crippen molar-refractivity contribution in [2.24, 2.45) is 5.92 Å². The predicted octanol–water partition coefficient (Wildman–Crippen LogP) is 2.30. The van der Waals surface area contributed by atoms with E-state index in [2.05, 4.69) is 15.3 Å². The number of carbonyl (C=O) groups excluding carboxylic acids is 2. The van der Waals surface area contributed by atoms with Crippen LogP contribution in [0.2, 0.25) is 0 Å². The van der Waals surface area contributed by atoms with Gasteiger partial charge in [-0.3, -0.25) is 14.4 Å². The SMILES string of the molecule is O=C(NCc1nn(CCN2CCCC2)c(=O)c2ccccc12)C1CC(=O)N(c2ccc(F)cc2)C1. The Hall–Kier alpha value is -3.59. The number of carbonyl (C=O) groups is 2. The quantitative estimate of drug-likeness (QED) is 0.564. The standard InChI is InChI=1S/C26H28FN5O3/c27-19-7-9-20(10-8-19)31-17-18(15-24(31)33)25(34)28-16-23-21-5-1-2-6-22(21)26(35)32(29-23)14-13-30-11-3-4-12-30/h1-2,5-10,18H,3-4,11-17H2,(H,28,34). The van der Waals surface area contributed by atoms with Gasteiger partial charge in [-0.05, 0) is 56.3 Å². The van der Waals surface area contributed by atoms with Crippen LogP contribution in [0.1, 0.15) is 25.0 Å². The molecule has 9 heteroatoms. The van der Waals surface area contributed by atoms with E-state index in [-0.39, 0.29) is 42.7 Å². The summed E-state index contributed by atoms with van der Waals surface area (Å²) in [5, 5.41) is 8.80. The van der Waals surface area contributed by atoms with Crippen molar-refractivity contribution in [1.82, 2.24) is 20.0 Å². The molecular weight excluding hydrogens is 449 g/mol. The Balaban J connectivity index is 1.29. The summed E-state index contributed by atoms with van der Waals surface area (Å²) < 4.78 is 14.7. The van der Waals surface area contributed by atoms with Gasteiger partial charge in [0.05, 0.1) is 30.1 Å². The van der Waals surface area contributed by atoms with Gasteiger partial charge in [-0.1, -0.05) is 18.2 Å². The van der Waals surface area contributed by atoms with Crippen LogP contribution >= 0.6 is 0 Å². The van der Waals surface area contributed by atoms with Crippen LogP contribution in [0, 0.1) is 11.7 Å². The van der Waals surface area contributed by atoms with Crippen molar-refractivity contribution in [2.45, 2.75) is 32.4 Å². The van der Waals surface area contributed by atoms with Crippen molar-refractivity contribution < 1.29 is 14.0 Å². The minimum absolute atomic E-state index is 0.0900. The molecule has 1 aromatic heterocycles. The molecule has 3 heterocycles. The van der Waals surface area contributed by atoms with Crippen molar-refractivity contribution >= 4 is 28.3 Å². The highest BCUT2D eigenvalue weighted by molar-refractivity contribution is 6.00. The van der Waals surface area contributed by atoms with E-state index in [1.54, 1.807) is 6.07 Å². The van der Waals surface area contributed by atoms with Crippen LogP contribution in [-0.2, 0) is 22.7 Å². The molecule has 2 saturated heterocycles. The molecule has 2 aromatic carbocycles. The Morgan fingerprint density at radius 2 is 1.71 bits per heavy atom. The highest BCUT2D eigenvalue weighted by Gasteiger charge is 2.35. The average Bonchev–Trinajstić information content (AvgIpc) is 3.53. The maximum atomic E-state index is 13.2. The van der Waals surface area contributed by atoms with Crippen molar-refractivity contribution in [2.75, 3.05) is 31.1 Å². The Bertz CT molecular complexity index is 1300. The average molecular weight is 478 g/mol. The first-order valence-electron chi connectivity index (χ1n) is 12.0. The second kappa shape index (κ2) is 9.95. The first kappa shape index (κ1) is 23.2. The fourth-order valence-corrected chi connectivity index (χ4v) is 4.90. The first-order valence-corrected chi connectivity index (χ1v) is 12.0. The minimum atomic E-state index is -0.514. The van der Waals surface area contributed by atoms with Crippen molar-refractivity contribution in [3.8, 4) is 0 Å². The summed E-state index contributed by atoms with van der Waals surface area (Å²) >= 11 is 0. The lowest BCUT2D eigenvalue weighted by atomic mass is 10.1. The van der Waals surface area contributed by atoms with E-state index in [0.29, 0.717) is 28.7 Å². The molecule has 2 aliphatic rings. The van der Waals surface area contributed by atoms with Gasteiger partial charge < -0.3 is 15.1 Å². The summed E-state index contributed by atoms with van der Waals surface area (Å²) in [6.45, 7) is 3.74. The summed E-state index contributed by atoms with van der Waals surface area (Å²) in [6.07, 6.45) is 2.45. The molecule has 2 aliphatic heterocycles. The molecule has 3 aromatic rings. The number of hydrogen-bond acceptors (Lipinski definition) is 5. The maximum Gasteiger partial charge on any atom is 0.274 e. The molecule has 1 N–H and O–H groups in total. The van der Waals surface area contributed by atoms with Gasteiger partial charge in [0.25, 0.3) is 5.56 Å². The van der Waals surface area contributed by atoms with Crippen LogP contribution in [0.15, 0.2) is 53.3 Å². The van der Waals surface area contributed by atoms with Gasteiger partial charge in [0.15, 0.2) is 0 Å². The summed E-state index contributed by atoms with van der Waals surface area (Å²) in [7, 11) is 0. The molecular formula is C26H28FN5O3. The zero-order valence-corrected chi connectivity index (χ0v) is 19.5. The van der Waals surface area contributed by atoms with Crippen LogP contribution in [0.25, 0.3) is 10.8 Å². The van der Waals surface area contributed by atoms with Crippen molar-refractivity contribution in [1.29, 1.82) is 0 Å². The van der Waals surface area contributed by atoms with Crippen LogP contribution < -0.4 is 15.8 Å². The Morgan fingerprint density at radius 1 is 1.00 bits per heavy atom. The lowest BCUT2D eigenvalue weighted by molar-refractivity contribution is -0.126. The topological polar surface area (TPSA) is 87.5 Å². The van der Waals surface area contributed by atoms with Crippen LogP contribution in [-0.4, -0.2) is 52.7 Å². The maximum absolute atomic E-state index is 13.2. The van der Waals surface area contributed by atoms with Gasteiger partial charge in [-0.2, -0.15) is 5.10 Å². The molecule has 0 bridgehead atoms. The number of anilines is 1. The number of rotatable bonds is 7. The van der Waals surface area contributed by atoms with Gasteiger partial charge >= 0.3 is 0 Å². The van der Waals surface area contributed by atoms with E-state index in [9.17, 15) is 18.8 Å². The molecule has 8 nitrogen and oxygen atoms in total. The monoisotopic (exact) mass is 477 g/mol. The largest absolute Gasteiger partial charge is 0.350 e. The van der Waals surface area contributed by atoms with Gasteiger partial charge in [0.2, 0.25) is 11.8 Å². The fourth-order valence-electron chi connectivity index (χ4n) is 4.90. The summed E-state index contributed by atoms with van der Waals surface area (Å²) in [5.74, 6) is -1.31. The Labute approximate surface area is 202 Å². The van der Waals surface area contributed by atoms with Gasteiger partial charge in [0, 0.05) is 30.6 Å². The molecule has 2 fully saturated rings. The zero-order valence-electron chi connectivity index (χ0n) is 19.5. The van der Waals surface area contributed by atoms with Crippen LogP contribution in [0.5, 0.6) is 0 Å². The number of halogens is 1. The van der Waals surface area contributed by atoms with E-state index in [0.717, 1.165) is 19.6 Å². The van der Waals surface area contributed by atoms with Crippen molar-refractivity contribution in [3.05, 3.63) is 70.4 Å². The van der Waals surface area contributed by atoms with Gasteiger partial charge in [-0.15, -0.1) is 0 Å². The summed E-state index contributed by atoms with van der Waals surface area (Å²) in [4.78, 5) is 42.2. The molecule has 182 valence electrons. The van der Waals surface area contributed by atoms with E-state index < -0.39 is 5.92 Å². The highest BCUT2D eigenvalue weighted by atomic mass is 19.1. The minimum Gasteiger partial charge on any atom is -0.350 e. The van der Waals surface area contributed by atoms with E-state index in [1.165, 1.54) is 46.7 Å². The number of likely N-dealkylation sites (tertiary alicyclic amines) is 1. The molecule has 0 radical (unpaired) electrons. The third kappa shape index (κ3) is 4.95. The lowest BCUT2D eigenvalue weighted by Gasteiger charge is -2.17. The number of aromatic nitrogens is 2. The predicted molar refractivity (Wildman–Crippen MR) is 130 cm³/mol. The van der Waals surface area contributed by atoms with Crippen molar-refractivity contribution in [3.63, 3.8) is 0 Å². The second-order valence-corrected chi connectivity index (χ2v) is 9.17. The third-order valence-corrected chi connectivity index (χ3v) is 6.84. The smallest absolute Gasteiger partial charge is 0.274 e. The molecule has 1 unspecified atom stereocenters. The van der Waals surface area contributed by atoms with Crippen LogP contribution in [0.3, 0.4) is 0 Å². The number of fused-ring (bicyclic) bond motifs is 1. The van der Waals surface area contributed by atoms with Crippen LogP contribution in [0.4, 0.5) is 10.1 Å². The first-order chi connectivity index (χ1) is 17.0. The fraction of sp³-hybridized carbons (Fsp3) is 0.385. The number of amides is 2. The lowest BCUT2D eigenvalue weighted by Crippen LogP contribution is -2.35. The molecule has 1 atom stereocenters. The molecule has 35 heavy (non-hydrogen) atoms. The molecule has 5 rings (SSSR count). The third-order valence-electron chi connectivity index (χ3n) is 6.84. The highest BCUT2D eigenvalue weighted by Crippen LogP contribution is 2.25.